The lowest BCUT2D eigenvalue weighted by Crippen LogP contribution is -2.50. The van der Waals surface area contributed by atoms with Crippen molar-refractivity contribution in [2.45, 2.75) is 84.5 Å². The van der Waals surface area contributed by atoms with Gasteiger partial charge in [-0.25, -0.2) is 0 Å². The number of hydrogen-bond donors (Lipinski definition) is 0. The topological polar surface area (TPSA) is 35.5 Å². The number of fused-ring (bicyclic) bond motifs is 5. The van der Waals surface area contributed by atoms with Crippen LogP contribution < -0.4 is 0 Å². The van der Waals surface area contributed by atoms with Crippen LogP contribution in [0.1, 0.15) is 72.1 Å². The van der Waals surface area contributed by atoms with E-state index in [1.54, 1.807) is 12.7 Å². The van der Waals surface area contributed by atoms with Crippen molar-refractivity contribution in [3.05, 3.63) is 11.6 Å². The number of carbonyl (C=O) groups excluding carboxylic acids is 1. The second-order valence-electron chi connectivity index (χ2n) is 9.48. The molecule has 25 heavy (non-hydrogen) atoms. The standard InChI is InChI=1S/C22H34O3/c1-14(24-4)25-16-9-11-21(2)15(13-16)5-6-17-18-7-8-20(23)22(18,3)12-10-19(17)21/h5,14,16-19H,6-13H2,1-4H3/t14?,16?,17-,18-,19-,21-,22-/m0/s1. The summed E-state index contributed by atoms with van der Waals surface area (Å²) in [5, 5.41) is 0. The summed E-state index contributed by atoms with van der Waals surface area (Å²) in [4.78, 5) is 12.5. The average molecular weight is 347 g/mol. The zero-order valence-corrected chi connectivity index (χ0v) is 16.3. The molecule has 0 bridgehead atoms. The van der Waals surface area contributed by atoms with Gasteiger partial charge in [0, 0.05) is 18.9 Å². The molecule has 3 fully saturated rings. The van der Waals surface area contributed by atoms with Crippen molar-refractivity contribution >= 4 is 5.78 Å². The van der Waals surface area contributed by atoms with Crippen LogP contribution in [0.3, 0.4) is 0 Å². The minimum atomic E-state index is -0.119. The van der Waals surface area contributed by atoms with Gasteiger partial charge in [-0.1, -0.05) is 25.5 Å². The first-order chi connectivity index (χ1) is 11.9. The molecule has 0 spiro atoms. The molecule has 4 rings (SSSR count). The highest BCUT2D eigenvalue weighted by molar-refractivity contribution is 5.87. The maximum absolute atomic E-state index is 12.5. The van der Waals surface area contributed by atoms with Gasteiger partial charge >= 0.3 is 0 Å². The fourth-order valence-corrected chi connectivity index (χ4v) is 6.84. The van der Waals surface area contributed by atoms with Gasteiger partial charge in [0.15, 0.2) is 6.29 Å². The van der Waals surface area contributed by atoms with Gasteiger partial charge in [-0.3, -0.25) is 4.79 Å². The van der Waals surface area contributed by atoms with E-state index in [1.807, 2.05) is 6.92 Å². The van der Waals surface area contributed by atoms with Crippen molar-refractivity contribution in [3.63, 3.8) is 0 Å². The van der Waals surface area contributed by atoms with Crippen molar-refractivity contribution in [3.8, 4) is 0 Å². The number of methoxy groups -OCH3 is 1. The Hall–Kier alpha value is -0.670. The fourth-order valence-electron chi connectivity index (χ4n) is 6.84. The van der Waals surface area contributed by atoms with Crippen molar-refractivity contribution in [2.75, 3.05) is 7.11 Å². The van der Waals surface area contributed by atoms with Gasteiger partial charge in [-0.15, -0.1) is 0 Å². The van der Waals surface area contributed by atoms with Crippen LogP contribution in [0.25, 0.3) is 0 Å². The Labute approximate surface area is 152 Å². The van der Waals surface area contributed by atoms with Gasteiger partial charge in [0.1, 0.15) is 5.78 Å². The Morgan fingerprint density at radius 3 is 2.60 bits per heavy atom. The lowest BCUT2D eigenvalue weighted by atomic mass is 9.48. The first-order valence-electron chi connectivity index (χ1n) is 10.3. The van der Waals surface area contributed by atoms with Crippen molar-refractivity contribution in [2.24, 2.45) is 28.6 Å². The van der Waals surface area contributed by atoms with E-state index in [0.717, 1.165) is 38.0 Å². The predicted octanol–water partition coefficient (Wildman–Crippen LogP) is 4.90. The van der Waals surface area contributed by atoms with E-state index in [2.05, 4.69) is 19.9 Å². The van der Waals surface area contributed by atoms with Crippen LogP contribution in [-0.4, -0.2) is 25.3 Å². The molecule has 0 aromatic heterocycles. The highest BCUT2D eigenvalue weighted by atomic mass is 16.7. The number of ketones is 1. The Kier molecular flexibility index (Phi) is 4.39. The van der Waals surface area contributed by atoms with Crippen LogP contribution in [0.4, 0.5) is 0 Å². The van der Waals surface area contributed by atoms with E-state index >= 15 is 0 Å². The van der Waals surface area contributed by atoms with Gasteiger partial charge < -0.3 is 9.47 Å². The molecular weight excluding hydrogens is 312 g/mol. The molecule has 0 N–H and O–H groups in total. The summed E-state index contributed by atoms with van der Waals surface area (Å²) in [5.41, 5.74) is 1.93. The number of rotatable bonds is 3. The van der Waals surface area contributed by atoms with E-state index in [-0.39, 0.29) is 11.7 Å². The normalized spacial score (nSPS) is 47.5. The van der Waals surface area contributed by atoms with E-state index in [1.165, 1.54) is 19.3 Å². The third-order valence-electron chi connectivity index (χ3n) is 8.48. The third kappa shape index (κ3) is 2.65. The Balaban J connectivity index is 1.55. The molecule has 3 saturated carbocycles. The molecule has 0 amide bonds. The molecule has 0 aliphatic heterocycles. The molecule has 0 aromatic rings. The maximum Gasteiger partial charge on any atom is 0.154 e. The molecule has 3 nitrogen and oxygen atoms in total. The summed E-state index contributed by atoms with van der Waals surface area (Å²) in [6.07, 6.45) is 11.6. The van der Waals surface area contributed by atoms with Crippen LogP contribution in [0.5, 0.6) is 0 Å². The second-order valence-corrected chi connectivity index (χ2v) is 9.48. The third-order valence-corrected chi connectivity index (χ3v) is 8.48. The number of carbonyl (C=O) groups is 1. The number of allylic oxidation sites excluding steroid dienone is 1. The van der Waals surface area contributed by atoms with Gasteiger partial charge in [0.05, 0.1) is 6.10 Å². The molecule has 7 atom stereocenters. The molecule has 4 aliphatic rings. The van der Waals surface area contributed by atoms with Crippen molar-refractivity contribution in [1.82, 2.24) is 0 Å². The first kappa shape index (κ1) is 17.7. The zero-order valence-electron chi connectivity index (χ0n) is 16.3. The molecule has 0 heterocycles. The van der Waals surface area contributed by atoms with Crippen LogP contribution in [0, 0.1) is 28.6 Å². The molecule has 2 unspecified atom stereocenters. The Morgan fingerprint density at radius 2 is 1.84 bits per heavy atom. The van der Waals surface area contributed by atoms with Crippen LogP contribution in [0.15, 0.2) is 11.6 Å². The van der Waals surface area contributed by atoms with Crippen LogP contribution >= 0.6 is 0 Å². The summed E-state index contributed by atoms with van der Waals surface area (Å²) in [6.45, 7) is 6.75. The van der Waals surface area contributed by atoms with Gasteiger partial charge in [0.25, 0.3) is 0 Å². The summed E-state index contributed by atoms with van der Waals surface area (Å²) in [5.74, 6) is 2.64. The summed E-state index contributed by atoms with van der Waals surface area (Å²) >= 11 is 0. The quantitative estimate of drug-likeness (QED) is 0.539. The van der Waals surface area contributed by atoms with Crippen LogP contribution in [0.2, 0.25) is 0 Å². The Bertz CT molecular complexity index is 582. The van der Waals surface area contributed by atoms with E-state index in [4.69, 9.17) is 9.47 Å². The SMILES string of the molecule is COC(C)OC1CC[C@@]2(C)C(=CC[C@@H]3[C@@H]2CC[C@]2(C)C(=O)CC[C@@H]32)C1. The molecule has 0 aromatic carbocycles. The molecule has 0 radical (unpaired) electrons. The monoisotopic (exact) mass is 346 g/mol. The van der Waals surface area contributed by atoms with E-state index in [0.29, 0.717) is 29.1 Å². The largest absolute Gasteiger partial charge is 0.356 e. The number of ether oxygens (including phenoxy) is 2. The molecule has 0 saturated heterocycles. The van der Waals surface area contributed by atoms with Gasteiger partial charge in [-0.05, 0) is 75.0 Å². The molecular formula is C22H34O3. The summed E-state index contributed by atoms with van der Waals surface area (Å²) < 4.78 is 11.4. The van der Waals surface area contributed by atoms with Gasteiger partial charge in [0.2, 0.25) is 0 Å². The smallest absolute Gasteiger partial charge is 0.154 e. The highest BCUT2D eigenvalue weighted by Crippen LogP contribution is 2.64. The van der Waals surface area contributed by atoms with Crippen LogP contribution in [-0.2, 0) is 14.3 Å². The molecule has 4 aliphatic carbocycles. The minimum Gasteiger partial charge on any atom is -0.356 e. The minimum absolute atomic E-state index is 0.0168. The number of Topliss-reactive ketones (excluding diaryl/α,β-unsaturated/α-hetero) is 1. The summed E-state index contributed by atoms with van der Waals surface area (Å²) in [6, 6.07) is 0. The number of hydrogen-bond acceptors (Lipinski definition) is 3. The highest BCUT2D eigenvalue weighted by Gasteiger charge is 2.58. The van der Waals surface area contributed by atoms with Crippen molar-refractivity contribution in [1.29, 1.82) is 0 Å². The molecule has 3 heteroatoms. The maximum atomic E-state index is 12.5. The average Bonchev–Trinajstić information content (AvgIpc) is 2.90. The lowest BCUT2D eigenvalue weighted by Gasteiger charge is -2.57. The van der Waals surface area contributed by atoms with Crippen molar-refractivity contribution < 1.29 is 14.3 Å². The fraction of sp³-hybridized carbons (Fsp3) is 0.864. The van der Waals surface area contributed by atoms with Gasteiger partial charge in [-0.2, -0.15) is 0 Å². The zero-order chi connectivity index (χ0) is 17.8. The van der Waals surface area contributed by atoms with E-state index in [9.17, 15) is 4.79 Å². The molecule has 140 valence electrons. The Morgan fingerprint density at radius 1 is 1.12 bits per heavy atom. The first-order valence-corrected chi connectivity index (χ1v) is 10.3. The predicted molar refractivity (Wildman–Crippen MR) is 98.1 cm³/mol. The van der Waals surface area contributed by atoms with E-state index < -0.39 is 0 Å². The lowest BCUT2D eigenvalue weighted by molar-refractivity contribution is -0.155. The summed E-state index contributed by atoms with van der Waals surface area (Å²) in [7, 11) is 1.71. The second kappa shape index (κ2) is 6.20.